The van der Waals surface area contributed by atoms with Crippen LogP contribution in [0.5, 0.6) is 5.88 Å². The predicted molar refractivity (Wildman–Crippen MR) is 85.9 cm³/mol. The number of nitrogens with zero attached hydrogens (tertiary/aromatic N) is 3. The van der Waals surface area contributed by atoms with Crippen molar-refractivity contribution in [3.8, 4) is 5.88 Å². The number of nitrogens with one attached hydrogen (secondary N) is 1. The van der Waals surface area contributed by atoms with Crippen molar-refractivity contribution in [1.29, 1.82) is 0 Å². The Morgan fingerprint density at radius 1 is 1.52 bits per heavy atom. The highest BCUT2D eigenvalue weighted by Crippen LogP contribution is 2.20. The number of imidazole rings is 1. The van der Waals surface area contributed by atoms with E-state index in [9.17, 15) is 4.79 Å². The van der Waals surface area contributed by atoms with Crippen LogP contribution in [-0.2, 0) is 24.3 Å². The van der Waals surface area contributed by atoms with E-state index in [4.69, 9.17) is 4.74 Å². The Morgan fingerprint density at radius 2 is 2.43 bits per heavy atom. The number of hydrogen-bond donors (Lipinski definition) is 1. The monoisotopic (exact) mass is 314 g/mol. The first-order valence-electron chi connectivity index (χ1n) is 8.11. The average molecular weight is 314 g/mol. The number of carbonyl (C=O) groups excluding carboxylic acids is 1. The molecule has 0 aliphatic carbocycles. The Labute approximate surface area is 135 Å². The minimum Gasteiger partial charge on any atom is -0.477 e. The summed E-state index contributed by atoms with van der Waals surface area (Å²) in [7, 11) is 0. The third kappa shape index (κ3) is 3.70. The van der Waals surface area contributed by atoms with Gasteiger partial charge in [0.25, 0.3) is 0 Å². The van der Waals surface area contributed by atoms with Crippen molar-refractivity contribution < 1.29 is 9.53 Å². The molecular weight excluding hydrogens is 292 g/mol. The van der Waals surface area contributed by atoms with Crippen LogP contribution in [0.1, 0.15) is 31.0 Å². The number of pyridine rings is 1. The second kappa shape index (κ2) is 7.26. The zero-order valence-electron chi connectivity index (χ0n) is 13.4. The zero-order valence-corrected chi connectivity index (χ0v) is 13.4. The van der Waals surface area contributed by atoms with Crippen LogP contribution in [0, 0.1) is 5.92 Å². The average Bonchev–Trinajstić information content (AvgIpc) is 3.06. The van der Waals surface area contributed by atoms with Crippen LogP contribution in [0.4, 0.5) is 0 Å². The highest BCUT2D eigenvalue weighted by Gasteiger charge is 2.24. The van der Waals surface area contributed by atoms with Gasteiger partial charge in [-0.25, -0.2) is 9.97 Å². The number of hydrogen-bond acceptors (Lipinski definition) is 4. The Morgan fingerprint density at radius 3 is 3.30 bits per heavy atom. The van der Waals surface area contributed by atoms with Crippen LogP contribution in [0.15, 0.2) is 30.9 Å². The highest BCUT2D eigenvalue weighted by atomic mass is 16.5. The van der Waals surface area contributed by atoms with E-state index in [0.717, 1.165) is 24.8 Å². The molecule has 6 nitrogen and oxygen atoms in total. The van der Waals surface area contributed by atoms with Gasteiger partial charge in [-0.3, -0.25) is 4.79 Å². The van der Waals surface area contributed by atoms with Gasteiger partial charge in [0.1, 0.15) is 0 Å². The van der Waals surface area contributed by atoms with Crippen molar-refractivity contribution >= 4 is 5.91 Å². The van der Waals surface area contributed by atoms with Crippen molar-refractivity contribution in [2.24, 2.45) is 5.92 Å². The van der Waals surface area contributed by atoms with Crippen LogP contribution >= 0.6 is 0 Å². The lowest BCUT2D eigenvalue weighted by atomic mass is 9.97. The molecule has 2 aromatic heterocycles. The standard InChI is InChI=1S/C17H22N4O2/c1-2-8-23-17-13(4-3-7-19-17)9-20-16(22)14-5-6-15-10-18-12-21(15)11-14/h3-4,7,10,12,14H,2,5-6,8-9,11H2,1H3,(H,20,22). The molecule has 0 radical (unpaired) electrons. The number of fused-ring (bicyclic) bond motifs is 1. The van der Waals surface area contributed by atoms with Gasteiger partial charge in [0.2, 0.25) is 11.8 Å². The zero-order chi connectivity index (χ0) is 16.1. The summed E-state index contributed by atoms with van der Waals surface area (Å²) < 4.78 is 7.69. The van der Waals surface area contributed by atoms with E-state index in [0.29, 0.717) is 25.6 Å². The molecule has 23 heavy (non-hydrogen) atoms. The van der Waals surface area contributed by atoms with Gasteiger partial charge in [0.15, 0.2) is 0 Å². The molecular formula is C17H22N4O2. The van der Waals surface area contributed by atoms with Crippen molar-refractivity contribution in [3.63, 3.8) is 0 Å². The van der Waals surface area contributed by atoms with Crippen molar-refractivity contribution in [1.82, 2.24) is 19.9 Å². The van der Waals surface area contributed by atoms with E-state index in [2.05, 4.69) is 26.8 Å². The normalized spacial score (nSPS) is 16.7. The van der Waals surface area contributed by atoms with Crippen LogP contribution in [0.25, 0.3) is 0 Å². The number of carbonyl (C=O) groups is 1. The number of rotatable bonds is 6. The molecule has 0 fully saturated rings. The maximum absolute atomic E-state index is 12.4. The van der Waals surface area contributed by atoms with Gasteiger partial charge in [-0.1, -0.05) is 13.0 Å². The molecule has 1 N–H and O–H groups in total. The molecule has 3 heterocycles. The lowest BCUT2D eigenvalue weighted by Gasteiger charge is -2.23. The lowest BCUT2D eigenvalue weighted by Crippen LogP contribution is -2.35. The summed E-state index contributed by atoms with van der Waals surface area (Å²) in [5, 5.41) is 3.02. The van der Waals surface area contributed by atoms with Gasteiger partial charge in [-0.2, -0.15) is 0 Å². The molecule has 0 bridgehead atoms. The SMILES string of the molecule is CCCOc1ncccc1CNC(=O)C1CCc2cncn2C1. The molecule has 1 unspecified atom stereocenters. The summed E-state index contributed by atoms with van der Waals surface area (Å²) in [5.74, 6) is 0.679. The second-order valence-electron chi connectivity index (χ2n) is 5.81. The maximum Gasteiger partial charge on any atom is 0.225 e. The largest absolute Gasteiger partial charge is 0.477 e. The summed E-state index contributed by atoms with van der Waals surface area (Å²) in [4.78, 5) is 20.8. The Hall–Kier alpha value is -2.37. The van der Waals surface area contributed by atoms with Gasteiger partial charge < -0.3 is 14.6 Å². The fourth-order valence-corrected chi connectivity index (χ4v) is 2.80. The molecule has 122 valence electrons. The summed E-state index contributed by atoms with van der Waals surface area (Å²) in [6, 6.07) is 3.80. The third-order valence-electron chi connectivity index (χ3n) is 4.08. The van der Waals surface area contributed by atoms with E-state index < -0.39 is 0 Å². The van der Waals surface area contributed by atoms with Crippen LogP contribution in [-0.4, -0.2) is 27.0 Å². The van der Waals surface area contributed by atoms with Crippen LogP contribution in [0.3, 0.4) is 0 Å². The van der Waals surface area contributed by atoms with E-state index in [1.54, 1.807) is 12.5 Å². The molecule has 0 saturated carbocycles. The summed E-state index contributed by atoms with van der Waals surface area (Å²) in [6.07, 6.45) is 8.07. The summed E-state index contributed by atoms with van der Waals surface area (Å²) in [6.45, 7) is 3.83. The fourth-order valence-electron chi connectivity index (χ4n) is 2.80. The maximum atomic E-state index is 12.4. The fraction of sp³-hybridized carbons (Fsp3) is 0.471. The first-order chi connectivity index (χ1) is 11.3. The molecule has 1 amide bonds. The number of aromatic nitrogens is 3. The third-order valence-corrected chi connectivity index (χ3v) is 4.08. The highest BCUT2D eigenvalue weighted by molar-refractivity contribution is 5.78. The number of amides is 1. The van der Waals surface area contributed by atoms with Crippen molar-refractivity contribution in [2.75, 3.05) is 6.61 Å². The van der Waals surface area contributed by atoms with E-state index in [-0.39, 0.29) is 11.8 Å². The summed E-state index contributed by atoms with van der Waals surface area (Å²) in [5.41, 5.74) is 2.12. The predicted octanol–water partition coefficient (Wildman–Crippen LogP) is 1.95. The minimum atomic E-state index is -0.00613. The van der Waals surface area contributed by atoms with Crippen LogP contribution in [0.2, 0.25) is 0 Å². The smallest absolute Gasteiger partial charge is 0.225 e. The Bertz CT molecular complexity index is 668. The molecule has 0 saturated heterocycles. The lowest BCUT2D eigenvalue weighted by molar-refractivity contribution is -0.126. The molecule has 0 spiro atoms. The van der Waals surface area contributed by atoms with Gasteiger partial charge in [-0.15, -0.1) is 0 Å². The van der Waals surface area contributed by atoms with Crippen LogP contribution < -0.4 is 10.1 Å². The van der Waals surface area contributed by atoms with E-state index in [1.807, 2.05) is 18.3 Å². The minimum absolute atomic E-state index is 0.00613. The van der Waals surface area contributed by atoms with E-state index >= 15 is 0 Å². The second-order valence-corrected chi connectivity index (χ2v) is 5.81. The Balaban J connectivity index is 1.57. The first kappa shape index (κ1) is 15.5. The van der Waals surface area contributed by atoms with Gasteiger partial charge in [-0.05, 0) is 25.3 Å². The molecule has 2 aromatic rings. The molecule has 3 rings (SSSR count). The quantitative estimate of drug-likeness (QED) is 0.885. The first-order valence-corrected chi connectivity index (χ1v) is 8.11. The van der Waals surface area contributed by atoms with Crippen molar-refractivity contribution in [3.05, 3.63) is 42.1 Å². The molecule has 6 heteroatoms. The number of ether oxygens (including phenoxy) is 1. The Kier molecular flexibility index (Phi) is 4.90. The van der Waals surface area contributed by atoms with Gasteiger partial charge in [0, 0.05) is 36.7 Å². The van der Waals surface area contributed by atoms with Gasteiger partial charge in [0.05, 0.1) is 18.9 Å². The molecule has 1 atom stereocenters. The molecule has 1 aliphatic rings. The van der Waals surface area contributed by atoms with E-state index in [1.165, 1.54) is 5.69 Å². The summed E-state index contributed by atoms with van der Waals surface area (Å²) >= 11 is 0. The topological polar surface area (TPSA) is 69.0 Å². The molecule has 1 aliphatic heterocycles. The number of aryl methyl sites for hydroxylation is 1. The van der Waals surface area contributed by atoms with Gasteiger partial charge >= 0.3 is 0 Å². The van der Waals surface area contributed by atoms with Crippen molar-refractivity contribution in [2.45, 2.75) is 39.3 Å². The molecule has 0 aromatic carbocycles.